The zero-order chi connectivity index (χ0) is 23.1. The van der Waals surface area contributed by atoms with Gasteiger partial charge in [-0.25, -0.2) is 4.98 Å². The van der Waals surface area contributed by atoms with Crippen LogP contribution in [0.5, 0.6) is 0 Å². The molecule has 1 fully saturated rings. The summed E-state index contributed by atoms with van der Waals surface area (Å²) in [6.07, 6.45) is -0.152. The van der Waals surface area contributed by atoms with Crippen LogP contribution in [0.1, 0.15) is 51.8 Å². The third-order valence-corrected chi connectivity index (χ3v) is 5.44. The van der Waals surface area contributed by atoms with E-state index in [1.807, 2.05) is 6.92 Å². The Morgan fingerprint density at radius 1 is 1.32 bits per heavy atom. The summed E-state index contributed by atoms with van der Waals surface area (Å²) in [7, 11) is 1.40. The topological polar surface area (TPSA) is 101 Å². The van der Waals surface area contributed by atoms with Gasteiger partial charge in [0.05, 0.1) is 12.5 Å². The fourth-order valence-electron chi connectivity index (χ4n) is 3.72. The van der Waals surface area contributed by atoms with Gasteiger partial charge in [0.1, 0.15) is 5.82 Å². The second-order valence-electron chi connectivity index (χ2n) is 7.68. The minimum absolute atomic E-state index is 0.0551. The molecule has 1 heterocycles. The number of hydrogen-bond donors (Lipinski definition) is 3. The van der Waals surface area contributed by atoms with Crippen LogP contribution in [0.4, 0.5) is 13.2 Å². The van der Waals surface area contributed by atoms with Gasteiger partial charge in [-0.15, -0.1) is 0 Å². The maximum absolute atomic E-state index is 13.6. The second-order valence-corrected chi connectivity index (χ2v) is 7.68. The number of esters is 1. The van der Waals surface area contributed by atoms with E-state index in [1.54, 1.807) is 6.92 Å². The number of nitrogens with one attached hydrogen (secondary N) is 2. The van der Waals surface area contributed by atoms with Gasteiger partial charge >= 0.3 is 12.1 Å². The van der Waals surface area contributed by atoms with Gasteiger partial charge in [-0.2, -0.15) is 13.2 Å². The largest absolute Gasteiger partial charge is 0.466 e. The molecule has 176 valence electrons. The lowest BCUT2D eigenvalue weighted by Crippen LogP contribution is -2.47. The summed E-state index contributed by atoms with van der Waals surface area (Å²) < 4.78 is 47.1. The standard InChI is InChI=1S/C20H32F3N5O3/c1-4-24-18(27-15-8-6-14(7-9-15)16(29)31-5-2)26-11-10-19(30,20(21,22)23)17-25-12-13-28(17)3/h12-15,30H,4-11H2,1-3H3,(H2,24,26,27). The molecule has 0 spiro atoms. The molecule has 2 rings (SSSR count). The van der Waals surface area contributed by atoms with Crippen molar-refractivity contribution >= 4 is 11.9 Å². The minimum Gasteiger partial charge on any atom is -0.466 e. The molecule has 1 aromatic heterocycles. The van der Waals surface area contributed by atoms with Crippen molar-refractivity contribution < 1.29 is 27.8 Å². The highest BCUT2D eigenvalue weighted by Crippen LogP contribution is 2.40. The summed E-state index contributed by atoms with van der Waals surface area (Å²) in [6, 6.07) is 0.0551. The Hall–Kier alpha value is -2.30. The van der Waals surface area contributed by atoms with Gasteiger partial charge in [-0.3, -0.25) is 9.79 Å². The first-order chi connectivity index (χ1) is 14.6. The van der Waals surface area contributed by atoms with Gasteiger partial charge < -0.3 is 25.0 Å². The van der Waals surface area contributed by atoms with Crippen LogP contribution in [0, 0.1) is 5.92 Å². The molecule has 0 saturated heterocycles. The summed E-state index contributed by atoms with van der Waals surface area (Å²) in [5.41, 5.74) is -3.09. The number of aryl methyl sites for hydroxylation is 1. The number of rotatable bonds is 8. The van der Waals surface area contributed by atoms with Crippen molar-refractivity contribution in [3.8, 4) is 0 Å². The zero-order valence-corrected chi connectivity index (χ0v) is 18.2. The van der Waals surface area contributed by atoms with Crippen molar-refractivity contribution in [3.05, 3.63) is 18.2 Å². The smallest absolute Gasteiger partial charge is 0.424 e. The third kappa shape index (κ3) is 6.34. The SMILES string of the molecule is CCNC(=NCCC(O)(c1nccn1C)C(F)(F)F)NC1CCC(C(=O)OCC)CC1. The predicted octanol–water partition coefficient (Wildman–Crippen LogP) is 2.24. The van der Waals surface area contributed by atoms with Crippen LogP contribution in [0.25, 0.3) is 0 Å². The van der Waals surface area contributed by atoms with Gasteiger partial charge in [0.25, 0.3) is 0 Å². The van der Waals surface area contributed by atoms with Gasteiger partial charge in [0.15, 0.2) is 5.96 Å². The van der Waals surface area contributed by atoms with E-state index in [0.29, 0.717) is 32.0 Å². The predicted molar refractivity (Wildman–Crippen MR) is 109 cm³/mol. The summed E-state index contributed by atoms with van der Waals surface area (Å²) in [5.74, 6) is -0.378. The molecule has 0 aromatic carbocycles. The zero-order valence-electron chi connectivity index (χ0n) is 18.2. The van der Waals surface area contributed by atoms with E-state index in [0.717, 1.165) is 17.4 Å². The molecule has 31 heavy (non-hydrogen) atoms. The average molecular weight is 448 g/mol. The lowest BCUT2D eigenvalue weighted by atomic mass is 9.86. The van der Waals surface area contributed by atoms with Crippen LogP contribution in [-0.2, 0) is 22.2 Å². The Labute approximate surface area is 180 Å². The number of nitrogens with zero attached hydrogens (tertiary/aromatic N) is 3. The first kappa shape index (κ1) is 25.0. The fraction of sp³-hybridized carbons (Fsp3) is 0.750. The average Bonchev–Trinajstić information content (AvgIpc) is 3.14. The molecule has 3 N–H and O–H groups in total. The molecule has 8 nitrogen and oxygen atoms in total. The lowest BCUT2D eigenvalue weighted by Gasteiger charge is -2.30. The van der Waals surface area contributed by atoms with Crippen molar-refractivity contribution in [2.24, 2.45) is 18.0 Å². The van der Waals surface area contributed by atoms with Crippen LogP contribution in [0.3, 0.4) is 0 Å². The number of imidazole rings is 1. The van der Waals surface area contributed by atoms with Gasteiger partial charge in [0, 0.05) is 45.0 Å². The van der Waals surface area contributed by atoms with Crippen LogP contribution >= 0.6 is 0 Å². The fourth-order valence-corrected chi connectivity index (χ4v) is 3.72. The number of aliphatic hydroxyl groups is 1. The van der Waals surface area contributed by atoms with Crippen LogP contribution < -0.4 is 10.6 Å². The van der Waals surface area contributed by atoms with E-state index < -0.39 is 24.0 Å². The summed E-state index contributed by atoms with van der Waals surface area (Å²) in [5, 5.41) is 16.7. The van der Waals surface area contributed by atoms with Crippen molar-refractivity contribution in [2.45, 2.75) is 63.8 Å². The molecule has 11 heteroatoms. The minimum atomic E-state index is -4.89. The normalized spacial score (nSPS) is 22.0. The Balaban J connectivity index is 1.99. The van der Waals surface area contributed by atoms with E-state index in [1.165, 1.54) is 19.4 Å². The van der Waals surface area contributed by atoms with E-state index >= 15 is 0 Å². The first-order valence-electron chi connectivity index (χ1n) is 10.6. The van der Waals surface area contributed by atoms with Gasteiger partial charge in [-0.1, -0.05) is 0 Å². The third-order valence-electron chi connectivity index (χ3n) is 5.44. The highest BCUT2D eigenvalue weighted by molar-refractivity contribution is 5.80. The molecular weight excluding hydrogens is 415 g/mol. The molecule has 1 aliphatic carbocycles. The van der Waals surface area contributed by atoms with E-state index in [-0.39, 0.29) is 24.5 Å². The van der Waals surface area contributed by atoms with Crippen LogP contribution in [-0.4, -0.2) is 58.5 Å². The number of ether oxygens (including phenoxy) is 1. The van der Waals surface area contributed by atoms with Crippen molar-refractivity contribution in [1.82, 2.24) is 20.2 Å². The number of guanidine groups is 1. The molecule has 0 aliphatic heterocycles. The number of carbonyl (C=O) groups is 1. The molecule has 0 bridgehead atoms. The Kier molecular flexibility index (Phi) is 8.72. The van der Waals surface area contributed by atoms with Crippen molar-refractivity contribution in [2.75, 3.05) is 19.7 Å². The van der Waals surface area contributed by atoms with E-state index in [9.17, 15) is 23.1 Å². The monoisotopic (exact) mass is 447 g/mol. The van der Waals surface area contributed by atoms with Crippen molar-refractivity contribution in [3.63, 3.8) is 0 Å². The summed E-state index contributed by atoms with van der Waals surface area (Å²) in [4.78, 5) is 19.8. The van der Waals surface area contributed by atoms with Crippen LogP contribution in [0.2, 0.25) is 0 Å². The Morgan fingerprint density at radius 3 is 2.52 bits per heavy atom. The molecule has 1 aromatic rings. The number of aliphatic imine (C=N–C) groups is 1. The summed E-state index contributed by atoms with van der Waals surface area (Å²) >= 11 is 0. The number of carbonyl (C=O) groups excluding carboxylic acids is 1. The molecule has 0 radical (unpaired) electrons. The first-order valence-corrected chi connectivity index (χ1v) is 10.6. The number of hydrogen-bond acceptors (Lipinski definition) is 5. The lowest BCUT2D eigenvalue weighted by molar-refractivity contribution is -0.272. The number of halogens is 3. The summed E-state index contributed by atoms with van der Waals surface area (Å²) in [6.45, 7) is 4.27. The Morgan fingerprint density at radius 2 is 2.00 bits per heavy atom. The molecule has 0 amide bonds. The van der Waals surface area contributed by atoms with Crippen molar-refractivity contribution in [1.29, 1.82) is 0 Å². The van der Waals surface area contributed by atoms with E-state index in [4.69, 9.17) is 4.74 Å². The maximum Gasteiger partial charge on any atom is 0.424 e. The molecule has 1 unspecified atom stereocenters. The second kappa shape index (κ2) is 10.8. The Bertz CT molecular complexity index is 745. The number of alkyl halides is 3. The highest BCUT2D eigenvalue weighted by atomic mass is 19.4. The molecule has 1 aliphatic rings. The maximum atomic E-state index is 13.6. The van der Waals surface area contributed by atoms with Crippen LogP contribution in [0.15, 0.2) is 17.4 Å². The quantitative estimate of drug-likeness (QED) is 0.321. The van der Waals surface area contributed by atoms with E-state index in [2.05, 4.69) is 20.6 Å². The van der Waals surface area contributed by atoms with Gasteiger partial charge in [0.2, 0.25) is 5.60 Å². The van der Waals surface area contributed by atoms with Gasteiger partial charge in [-0.05, 0) is 39.5 Å². The number of aromatic nitrogens is 2. The highest BCUT2D eigenvalue weighted by Gasteiger charge is 2.57. The molecule has 1 atom stereocenters. The molecular formula is C20H32F3N5O3. The molecule has 1 saturated carbocycles.